The van der Waals surface area contributed by atoms with Crippen molar-refractivity contribution in [2.75, 3.05) is 7.11 Å². The molecule has 2 rings (SSSR count). The lowest BCUT2D eigenvalue weighted by atomic mass is 10.1. The van der Waals surface area contributed by atoms with E-state index < -0.39 is 12.1 Å². The van der Waals surface area contributed by atoms with Crippen LogP contribution in [-0.4, -0.2) is 18.9 Å². The summed E-state index contributed by atoms with van der Waals surface area (Å²) >= 11 is 0. The van der Waals surface area contributed by atoms with E-state index in [1.165, 1.54) is 14.0 Å². The highest BCUT2D eigenvalue weighted by Gasteiger charge is 2.23. The van der Waals surface area contributed by atoms with Crippen LogP contribution in [0.2, 0.25) is 0 Å². The van der Waals surface area contributed by atoms with E-state index in [9.17, 15) is 9.59 Å². The number of carbonyl (C=O) groups is 2. The largest absolute Gasteiger partial charge is 0.474 e. The number of Topliss-reactive ketones (excluding diaryl/α,β-unsaturated/α-hetero) is 1. The minimum absolute atomic E-state index is 0.0193. The molecule has 4 nitrogen and oxygen atoms in total. The Bertz CT molecular complexity index is 617. The third-order valence-electron chi connectivity index (χ3n) is 3.03. The predicted molar refractivity (Wildman–Crippen MR) is 78.3 cm³/mol. The summed E-state index contributed by atoms with van der Waals surface area (Å²) < 4.78 is 10.5. The number of benzene rings is 2. The van der Waals surface area contributed by atoms with Crippen LogP contribution in [0.1, 0.15) is 28.9 Å². The number of esters is 1. The Morgan fingerprint density at radius 2 is 1.57 bits per heavy atom. The minimum Gasteiger partial charge on any atom is -0.474 e. The highest BCUT2D eigenvalue weighted by atomic mass is 16.6. The fraction of sp³-hybridized carbons (Fsp3) is 0.176. The average Bonchev–Trinajstić information content (AvgIpc) is 2.53. The Hall–Kier alpha value is -2.62. The van der Waals surface area contributed by atoms with Crippen molar-refractivity contribution in [1.82, 2.24) is 0 Å². The number of ketones is 1. The van der Waals surface area contributed by atoms with Crippen LogP contribution in [0, 0.1) is 0 Å². The van der Waals surface area contributed by atoms with E-state index >= 15 is 0 Å². The summed E-state index contributed by atoms with van der Waals surface area (Å²) in [6.07, 6.45) is -0.834. The lowest BCUT2D eigenvalue weighted by molar-refractivity contribution is -0.149. The van der Waals surface area contributed by atoms with Crippen molar-refractivity contribution in [1.29, 1.82) is 0 Å². The summed E-state index contributed by atoms with van der Waals surface area (Å²) in [6, 6.07) is 15.8. The maximum atomic E-state index is 11.9. The van der Waals surface area contributed by atoms with Crippen LogP contribution >= 0.6 is 0 Å². The lowest BCUT2D eigenvalue weighted by Gasteiger charge is -2.17. The van der Waals surface area contributed by atoms with Crippen molar-refractivity contribution in [2.24, 2.45) is 0 Å². The van der Waals surface area contributed by atoms with Gasteiger partial charge < -0.3 is 9.47 Å². The summed E-state index contributed by atoms with van der Waals surface area (Å²) in [5.41, 5.74) is 1.30. The SMILES string of the molecule is COC(=O)[C@@H](Oc1ccc(C(C)=O)cc1)c1ccccc1. The topological polar surface area (TPSA) is 52.6 Å². The molecule has 0 aliphatic heterocycles. The first-order chi connectivity index (χ1) is 10.1. The zero-order valence-electron chi connectivity index (χ0n) is 11.9. The molecule has 4 heteroatoms. The van der Waals surface area contributed by atoms with Crippen LogP contribution in [0.25, 0.3) is 0 Å². The molecule has 0 radical (unpaired) electrons. The highest BCUT2D eigenvalue weighted by molar-refractivity contribution is 5.94. The van der Waals surface area contributed by atoms with Crippen molar-refractivity contribution >= 4 is 11.8 Å². The number of ether oxygens (including phenoxy) is 2. The highest BCUT2D eigenvalue weighted by Crippen LogP contribution is 2.23. The van der Waals surface area contributed by atoms with Gasteiger partial charge in [0.1, 0.15) is 5.75 Å². The molecule has 0 N–H and O–H groups in total. The Kier molecular flexibility index (Phi) is 4.72. The molecule has 0 aliphatic rings. The van der Waals surface area contributed by atoms with Gasteiger partial charge in [0.15, 0.2) is 5.78 Å². The zero-order chi connectivity index (χ0) is 15.2. The molecule has 2 aromatic carbocycles. The molecule has 0 aromatic heterocycles. The lowest BCUT2D eigenvalue weighted by Crippen LogP contribution is -2.20. The van der Waals surface area contributed by atoms with Crippen molar-refractivity contribution in [3.8, 4) is 5.75 Å². The van der Waals surface area contributed by atoms with E-state index in [-0.39, 0.29) is 5.78 Å². The van der Waals surface area contributed by atoms with Gasteiger partial charge >= 0.3 is 5.97 Å². The second-order valence-corrected chi connectivity index (χ2v) is 4.51. The van der Waals surface area contributed by atoms with E-state index in [4.69, 9.17) is 9.47 Å². The van der Waals surface area contributed by atoms with Gasteiger partial charge in [0.05, 0.1) is 7.11 Å². The molecule has 0 aliphatic carbocycles. The number of carbonyl (C=O) groups excluding carboxylic acids is 2. The summed E-state index contributed by atoms with van der Waals surface area (Å²) in [6.45, 7) is 1.50. The molecule has 21 heavy (non-hydrogen) atoms. The minimum atomic E-state index is -0.834. The molecule has 0 fully saturated rings. The molecule has 0 saturated heterocycles. The molecule has 2 aromatic rings. The second-order valence-electron chi connectivity index (χ2n) is 4.51. The zero-order valence-corrected chi connectivity index (χ0v) is 11.9. The van der Waals surface area contributed by atoms with Gasteiger partial charge in [-0.15, -0.1) is 0 Å². The average molecular weight is 284 g/mol. The molecule has 108 valence electrons. The summed E-state index contributed by atoms with van der Waals surface area (Å²) in [4.78, 5) is 23.1. The standard InChI is InChI=1S/C17H16O4/c1-12(18)13-8-10-15(11-9-13)21-16(17(19)20-2)14-6-4-3-5-7-14/h3-11,16H,1-2H3/t16-/m0/s1. The van der Waals surface area contributed by atoms with Gasteiger partial charge in [-0.05, 0) is 31.2 Å². The molecular formula is C17H16O4. The van der Waals surface area contributed by atoms with E-state index in [0.29, 0.717) is 16.9 Å². The molecule has 0 bridgehead atoms. The fourth-order valence-electron chi connectivity index (χ4n) is 1.89. The Morgan fingerprint density at radius 3 is 2.10 bits per heavy atom. The van der Waals surface area contributed by atoms with Gasteiger partial charge in [-0.3, -0.25) is 4.79 Å². The first-order valence-electron chi connectivity index (χ1n) is 6.52. The molecule has 0 amide bonds. The normalized spacial score (nSPS) is 11.5. The van der Waals surface area contributed by atoms with Crippen LogP contribution in [0.15, 0.2) is 54.6 Å². The van der Waals surface area contributed by atoms with E-state index in [2.05, 4.69) is 0 Å². The van der Waals surface area contributed by atoms with Crippen LogP contribution in [0.5, 0.6) is 5.75 Å². The molecule has 0 saturated carbocycles. The number of rotatable bonds is 5. The predicted octanol–water partition coefficient (Wildman–Crippen LogP) is 3.18. The van der Waals surface area contributed by atoms with Crippen molar-refractivity contribution in [2.45, 2.75) is 13.0 Å². The Morgan fingerprint density at radius 1 is 0.952 bits per heavy atom. The number of methoxy groups -OCH3 is 1. The van der Waals surface area contributed by atoms with Gasteiger partial charge in [0.25, 0.3) is 0 Å². The first-order valence-corrected chi connectivity index (χ1v) is 6.52. The summed E-state index contributed by atoms with van der Waals surface area (Å²) in [5, 5.41) is 0. The van der Waals surface area contributed by atoms with Gasteiger partial charge in [0, 0.05) is 11.1 Å². The molecule has 0 heterocycles. The van der Waals surface area contributed by atoms with Crippen LogP contribution in [-0.2, 0) is 9.53 Å². The smallest absolute Gasteiger partial charge is 0.351 e. The summed E-state index contributed by atoms with van der Waals surface area (Å²) in [7, 11) is 1.32. The second kappa shape index (κ2) is 6.70. The maximum absolute atomic E-state index is 11.9. The van der Waals surface area contributed by atoms with Crippen LogP contribution < -0.4 is 4.74 Å². The van der Waals surface area contributed by atoms with Crippen LogP contribution in [0.4, 0.5) is 0 Å². The summed E-state index contributed by atoms with van der Waals surface area (Å²) in [5.74, 6) is 0.00484. The monoisotopic (exact) mass is 284 g/mol. The van der Waals surface area contributed by atoms with E-state index in [1.54, 1.807) is 36.4 Å². The number of hydrogen-bond donors (Lipinski definition) is 0. The fourth-order valence-corrected chi connectivity index (χ4v) is 1.89. The number of hydrogen-bond acceptors (Lipinski definition) is 4. The molecule has 0 unspecified atom stereocenters. The van der Waals surface area contributed by atoms with Crippen molar-refractivity contribution in [3.05, 3.63) is 65.7 Å². The Balaban J connectivity index is 2.23. The first kappa shape index (κ1) is 14.8. The third-order valence-corrected chi connectivity index (χ3v) is 3.03. The van der Waals surface area contributed by atoms with Gasteiger partial charge in [-0.25, -0.2) is 4.79 Å². The van der Waals surface area contributed by atoms with E-state index in [1.807, 2.05) is 18.2 Å². The van der Waals surface area contributed by atoms with Crippen molar-refractivity contribution < 1.29 is 19.1 Å². The van der Waals surface area contributed by atoms with E-state index in [0.717, 1.165) is 0 Å². The maximum Gasteiger partial charge on any atom is 0.351 e. The van der Waals surface area contributed by atoms with Gasteiger partial charge in [-0.2, -0.15) is 0 Å². The van der Waals surface area contributed by atoms with Crippen LogP contribution in [0.3, 0.4) is 0 Å². The third kappa shape index (κ3) is 3.69. The Labute approximate surface area is 123 Å². The molecule has 1 atom stereocenters. The van der Waals surface area contributed by atoms with Gasteiger partial charge in [-0.1, -0.05) is 30.3 Å². The van der Waals surface area contributed by atoms with Crippen molar-refractivity contribution in [3.63, 3.8) is 0 Å². The molecule has 0 spiro atoms. The quantitative estimate of drug-likeness (QED) is 0.625. The van der Waals surface area contributed by atoms with Gasteiger partial charge in [0.2, 0.25) is 6.10 Å². The molecular weight excluding hydrogens is 268 g/mol.